The molecule has 0 fully saturated rings. The predicted molar refractivity (Wildman–Crippen MR) is 108 cm³/mol. The summed E-state index contributed by atoms with van der Waals surface area (Å²) in [6.07, 6.45) is 3.36. The first kappa shape index (κ1) is 19.6. The van der Waals surface area contributed by atoms with Gasteiger partial charge in [0.25, 0.3) is 0 Å². The number of rotatable bonds is 8. The summed E-state index contributed by atoms with van der Waals surface area (Å²) in [5, 5.41) is 11.8. The Morgan fingerprint density at radius 1 is 1.41 bits per heavy atom. The number of benzene rings is 1. The van der Waals surface area contributed by atoms with E-state index < -0.39 is 4.75 Å². The second-order valence-corrected chi connectivity index (χ2v) is 8.60. The Balaban J connectivity index is 1.94. The number of fused-ring (bicyclic) bond motifs is 1. The molecule has 0 aliphatic heterocycles. The maximum atomic E-state index is 12.9. The summed E-state index contributed by atoms with van der Waals surface area (Å²) in [6.45, 7) is 4.49. The lowest BCUT2D eigenvalue weighted by Gasteiger charge is -2.26. The molecule has 3 aromatic rings. The molecule has 0 spiro atoms. The Hall–Kier alpha value is -2.16. The van der Waals surface area contributed by atoms with Gasteiger partial charge in [0.1, 0.15) is 10.5 Å². The van der Waals surface area contributed by atoms with E-state index >= 15 is 0 Å². The van der Waals surface area contributed by atoms with Crippen LogP contribution in [0.4, 0.5) is 0 Å². The second kappa shape index (κ2) is 8.69. The van der Waals surface area contributed by atoms with Crippen LogP contribution in [-0.4, -0.2) is 40.7 Å². The highest BCUT2D eigenvalue weighted by molar-refractivity contribution is 8.02. The number of carbonyl (C=O) groups is 1. The summed E-state index contributed by atoms with van der Waals surface area (Å²) in [6, 6.07) is 9.47. The van der Waals surface area contributed by atoms with E-state index in [1.165, 1.54) is 23.1 Å². The van der Waals surface area contributed by atoms with Gasteiger partial charge >= 0.3 is 0 Å². The predicted octanol–water partition coefficient (Wildman–Crippen LogP) is 3.21. The van der Waals surface area contributed by atoms with Crippen LogP contribution in [0.1, 0.15) is 19.4 Å². The van der Waals surface area contributed by atoms with Crippen LogP contribution >= 0.6 is 23.1 Å². The number of ether oxygens (including phenoxy) is 1. The standard InChI is InChI=1S/C19H21N3O3S2/c1-3-25-14-6-7-15-16(11-14)26-18(22-15)27-19(2,17(24)21-9-10-23)13-5-4-8-20-12-13/h4-8,11-12,23H,3,9-10H2,1-2H3,(H,21,24). The number of aliphatic hydroxyl groups excluding tert-OH is 1. The molecule has 1 atom stereocenters. The first-order valence-corrected chi connectivity index (χ1v) is 10.2. The highest BCUT2D eigenvalue weighted by Gasteiger charge is 2.37. The van der Waals surface area contributed by atoms with Crippen LogP contribution in [0.5, 0.6) is 5.75 Å². The quantitative estimate of drug-likeness (QED) is 0.562. The number of hydrogen-bond acceptors (Lipinski definition) is 7. The number of hydrogen-bond donors (Lipinski definition) is 2. The average Bonchev–Trinajstić information content (AvgIpc) is 3.08. The van der Waals surface area contributed by atoms with E-state index in [2.05, 4.69) is 15.3 Å². The highest BCUT2D eigenvalue weighted by atomic mass is 32.2. The van der Waals surface area contributed by atoms with Crippen LogP contribution in [0, 0.1) is 0 Å². The van der Waals surface area contributed by atoms with Crippen LogP contribution in [0.15, 0.2) is 47.1 Å². The van der Waals surface area contributed by atoms with Crippen molar-refractivity contribution in [2.24, 2.45) is 0 Å². The Bertz CT molecular complexity index is 917. The van der Waals surface area contributed by atoms with E-state index in [1.807, 2.05) is 38.1 Å². The summed E-state index contributed by atoms with van der Waals surface area (Å²) < 4.78 is 6.42. The van der Waals surface area contributed by atoms with Gasteiger partial charge in [0.2, 0.25) is 5.91 Å². The molecule has 0 aliphatic carbocycles. The molecule has 2 heterocycles. The van der Waals surface area contributed by atoms with E-state index in [1.54, 1.807) is 18.5 Å². The molecule has 142 valence electrons. The smallest absolute Gasteiger partial charge is 0.241 e. The van der Waals surface area contributed by atoms with E-state index in [9.17, 15) is 4.79 Å². The van der Waals surface area contributed by atoms with E-state index in [0.29, 0.717) is 6.61 Å². The van der Waals surface area contributed by atoms with Crippen molar-refractivity contribution in [2.75, 3.05) is 19.8 Å². The van der Waals surface area contributed by atoms with Crippen LogP contribution in [0.2, 0.25) is 0 Å². The number of thiazole rings is 1. The number of aromatic nitrogens is 2. The zero-order valence-corrected chi connectivity index (χ0v) is 16.8. The van der Waals surface area contributed by atoms with Gasteiger partial charge in [-0.05, 0) is 43.7 Å². The summed E-state index contributed by atoms with van der Waals surface area (Å²) in [4.78, 5) is 21.7. The number of nitrogens with zero attached hydrogens (tertiary/aromatic N) is 2. The van der Waals surface area contributed by atoms with E-state index in [-0.39, 0.29) is 19.1 Å². The fourth-order valence-corrected chi connectivity index (χ4v) is 5.14. The number of carbonyl (C=O) groups excluding carboxylic acids is 1. The average molecular weight is 404 g/mol. The van der Waals surface area contributed by atoms with Gasteiger partial charge in [0.05, 0.1) is 23.4 Å². The SMILES string of the molecule is CCOc1ccc2nc(SC(C)(C(=O)NCCO)c3cccnc3)sc2c1. The maximum Gasteiger partial charge on any atom is 0.241 e. The van der Waals surface area contributed by atoms with Crippen molar-refractivity contribution in [3.8, 4) is 5.75 Å². The summed E-state index contributed by atoms with van der Waals surface area (Å²) in [5.74, 6) is 0.615. The number of nitrogens with one attached hydrogen (secondary N) is 1. The van der Waals surface area contributed by atoms with Crippen LogP contribution in [0.25, 0.3) is 10.2 Å². The van der Waals surface area contributed by atoms with Crippen molar-refractivity contribution in [3.63, 3.8) is 0 Å². The molecule has 0 saturated carbocycles. The van der Waals surface area contributed by atoms with Gasteiger partial charge in [-0.25, -0.2) is 4.98 Å². The second-order valence-electron chi connectivity index (χ2n) is 5.90. The molecule has 0 saturated heterocycles. The fourth-order valence-electron chi connectivity index (χ4n) is 2.58. The van der Waals surface area contributed by atoms with Crippen molar-refractivity contribution >= 4 is 39.2 Å². The minimum Gasteiger partial charge on any atom is -0.494 e. The van der Waals surface area contributed by atoms with Crippen molar-refractivity contribution in [1.82, 2.24) is 15.3 Å². The minimum absolute atomic E-state index is 0.110. The molecular weight excluding hydrogens is 382 g/mol. The maximum absolute atomic E-state index is 12.9. The monoisotopic (exact) mass is 403 g/mol. The molecule has 2 N–H and O–H groups in total. The van der Waals surface area contributed by atoms with Crippen LogP contribution in [0.3, 0.4) is 0 Å². The third kappa shape index (κ3) is 4.40. The molecule has 8 heteroatoms. The van der Waals surface area contributed by atoms with Crippen molar-refractivity contribution in [1.29, 1.82) is 0 Å². The van der Waals surface area contributed by atoms with Crippen LogP contribution in [-0.2, 0) is 9.54 Å². The number of amides is 1. The molecule has 0 radical (unpaired) electrons. The molecule has 1 unspecified atom stereocenters. The normalized spacial score (nSPS) is 13.3. The van der Waals surface area contributed by atoms with Gasteiger partial charge < -0.3 is 15.2 Å². The summed E-state index contributed by atoms with van der Waals surface area (Å²) in [5.41, 5.74) is 1.65. The Morgan fingerprint density at radius 3 is 2.96 bits per heavy atom. The van der Waals surface area contributed by atoms with Gasteiger partial charge in [0.15, 0.2) is 4.34 Å². The van der Waals surface area contributed by atoms with Gasteiger partial charge in [-0.1, -0.05) is 17.8 Å². The first-order valence-electron chi connectivity index (χ1n) is 8.59. The molecular formula is C19H21N3O3S2. The van der Waals surface area contributed by atoms with Crippen LogP contribution < -0.4 is 10.1 Å². The zero-order valence-electron chi connectivity index (χ0n) is 15.1. The van der Waals surface area contributed by atoms with Gasteiger partial charge in [-0.2, -0.15) is 0 Å². The summed E-state index contributed by atoms with van der Waals surface area (Å²) in [7, 11) is 0. The zero-order chi connectivity index (χ0) is 19.3. The first-order chi connectivity index (χ1) is 13.1. The molecule has 0 bridgehead atoms. The van der Waals surface area contributed by atoms with E-state index in [0.717, 1.165) is 25.9 Å². The lowest BCUT2D eigenvalue weighted by atomic mass is 10.0. The van der Waals surface area contributed by atoms with E-state index in [4.69, 9.17) is 9.84 Å². The molecule has 3 rings (SSSR count). The number of aliphatic hydroxyl groups is 1. The summed E-state index contributed by atoms with van der Waals surface area (Å²) >= 11 is 2.90. The third-order valence-electron chi connectivity index (χ3n) is 3.99. The molecule has 1 aromatic carbocycles. The Labute approximate surface area is 166 Å². The number of pyridine rings is 1. The fraction of sp³-hybridized carbons (Fsp3) is 0.316. The van der Waals surface area contributed by atoms with Crippen molar-refractivity contribution in [3.05, 3.63) is 48.3 Å². The molecule has 27 heavy (non-hydrogen) atoms. The topological polar surface area (TPSA) is 84.3 Å². The van der Waals surface area contributed by atoms with Crippen molar-refractivity contribution < 1.29 is 14.6 Å². The molecule has 6 nitrogen and oxygen atoms in total. The Morgan fingerprint density at radius 2 is 2.26 bits per heavy atom. The lowest BCUT2D eigenvalue weighted by molar-refractivity contribution is -0.123. The lowest BCUT2D eigenvalue weighted by Crippen LogP contribution is -2.41. The minimum atomic E-state index is -0.917. The molecule has 0 aliphatic rings. The molecule has 2 aromatic heterocycles. The largest absolute Gasteiger partial charge is 0.494 e. The van der Waals surface area contributed by atoms with Gasteiger partial charge in [0, 0.05) is 18.9 Å². The van der Waals surface area contributed by atoms with Gasteiger partial charge in [-0.3, -0.25) is 9.78 Å². The van der Waals surface area contributed by atoms with Gasteiger partial charge in [-0.15, -0.1) is 11.3 Å². The van der Waals surface area contributed by atoms with Crippen molar-refractivity contribution in [2.45, 2.75) is 22.9 Å². The highest BCUT2D eigenvalue weighted by Crippen LogP contribution is 2.44. The Kier molecular flexibility index (Phi) is 6.30. The third-order valence-corrected chi connectivity index (χ3v) is 6.39. The number of thioether (sulfide) groups is 1. The molecule has 1 amide bonds.